The van der Waals surface area contributed by atoms with Crippen molar-refractivity contribution in [2.75, 3.05) is 5.33 Å². The Labute approximate surface area is 67.6 Å². The molecule has 0 radical (unpaired) electrons. The summed E-state index contributed by atoms with van der Waals surface area (Å²) in [6, 6.07) is 0. The molecule has 4 heteroatoms. The van der Waals surface area contributed by atoms with E-state index in [0.29, 0.717) is 11.2 Å². The average Bonchev–Trinajstić information content (AvgIpc) is 2.08. The maximum absolute atomic E-state index is 10.9. The lowest BCUT2D eigenvalue weighted by Gasteiger charge is -2.05. The SMILES string of the molecule is CC1(C)N=C(CBr)OC1=O. The third kappa shape index (κ3) is 1.21. The van der Waals surface area contributed by atoms with Crippen molar-refractivity contribution in [2.45, 2.75) is 19.4 Å². The van der Waals surface area contributed by atoms with Gasteiger partial charge in [0, 0.05) is 0 Å². The minimum absolute atomic E-state index is 0.276. The van der Waals surface area contributed by atoms with Crippen LogP contribution in [0, 0.1) is 0 Å². The largest absolute Gasteiger partial charge is 0.409 e. The van der Waals surface area contributed by atoms with Gasteiger partial charge in [-0.05, 0) is 13.8 Å². The number of esters is 1. The van der Waals surface area contributed by atoms with Gasteiger partial charge in [0.05, 0.1) is 5.33 Å². The zero-order chi connectivity index (χ0) is 7.78. The second-order valence-electron chi connectivity index (χ2n) is 2.59. The molecule has 10 heavy (non-hydrogen) atoms. The van der Waals surface area contributed by atoms with E-state index < -0.39 is 5.54 Å². The van der Waals surface area contributed by atoms with E-state index in [1.165, 1.54) is 0 Å². The Hall–Kier alpha value is -0.380. The lowest BCUT2D eigenvalue weighted by molar-refractivity contribution is -0.137. The third-order valence-electron chi connectivity index (χ3n) is 1.23. The highest BCUT2D eigenvalue weighted by Gasteiger charge is 2.36. The lowest BCUT2D eigenvalue weighted by Crippen LogP contribution is -2.25. The van der Waals surface area contributed by atoms with Crippen molar-refractivity contribution in [3.8, 4) is 0 Å². The normalized spacial score (nSPS) is 22.3. The summed E-state index contributed by atoms with van der Waals surface area (Å²) in [4.78, 5) is 14.9. The number of ether oxygens (including phenoxy) is 1. The van der Waals surface area contributed by atoms with Crippen LogP contribution in [0.5, 0.6) is 0 Å². The lowest BCUT2D eigenvalue weighted by atomic mass is 10.1. The zero-order valence-corrected chi connectivity index (χ0v) is 7.43. The Morgan fingerprint density at radius 1 is 1.70 bits per heavy atom. The summed E-state index contributed by atoms with van der Waals surface area (Å²) in [7, 11) is 0. The molecule has 1 rings (SSSR count). The van der Waals surface area contributed by atoms with Crippen LogP contribution >= 0.6 is 15.9 Å². The second kappa shape index (κ2) is 2.34. The average molecular weight is 206 g/mol. The maximum atomic E-state index is 10.9. The Morgan fingerprint density at radius 2 is 2.30 bits per heavy atom. The van der Waals surface area contributed by atoms with Gasteiger partial charge >= 0.3 is 5.97 Å². The highest BCUT2D eigenvalue weighted by molar-refractivity contribution is 9.09. The number of aliphatic imine (C=N–C) groups is 1. The van der Waals surface area contributed by atoms with Crippen molar-refractivity contribution in [3.63, 3.8) is 0 Å². The molecule has 0 saturated carbocycles. The third-order valence-corrected chi connectivity index (χ3v) is 1.71. The van der Waals surface area contributed by atoms with Crippen LogP contribution in [0.1, 0.15) is 13.8 Å². The van der Waals surface area contributed by atoms with E-state index in [-0.39, 0.29) is 5.97 Å². The number of hydrogen-bond donors (Lipinski definition) is 0. The molecule has 1 aliphatic rings. The molecule has 1 aliphatic heterocycles. The standard InChI is InChI=1S/C6H8BrNO2/c1-6(2)5(9)10-4(3-7)8-6/h3H2,1-2H3. The zero-order valence-electron chi connectivity index (χ0n) is 5.85. The number of cyclic esters (lactones) is 1. The van der Waals surface area contributed by atoms with Crippen molar-refractivity contribution in [1.29, 1.82) is 0 Å². The van der Waals surface area contributed by atoms with Gasteiger partial charge in [-0.3, -0.25) is 0 Å². The van der Waals surface area contributed by atoms with Gasteiger partial charge in [-0.2, -0.15) is 0 Å². The molecule has 0 amide bonds. The van der Waals surface area contributed by atoms with Crippen LogP contribution in [0.4, 0.5) is 0 Å². The monoisotopic (exact) mass is 205 g/mol. The first-order chi connectivity index (χ1) is 4.56. The first-order valence-corrected chi connectivity index (χ1v) is 4.05. The minimum Gasteiger partial charge on any atom is -0.409 e. The molecule has 0 aliphatic carbocycles. The van der Waals surface area contributed by atoms with E-state index in [2.05, 4.69) is 20.9 Å². The van der Waals surface area contributed by atoms with Crippen LogP contribution in [0.2, 0.25) is 0 Å². The van der Waals surface area contributed by atoms with Crippen LogP contribution in [-0.4, -0.2) is 22.7 Å². The summed E-state index contributed by atoms with van der Waals surface area (Å²) in [5.41, 5.74) is -0.677. The smallest absolute Gasteiger partial charge is 0.340 e. The molecule has 3 nitrogen and oxygen atoms in total. The van der Waals surface area contributed by atoms with Gasteiger partial charge in [0.1, 0.15) is 0 Å². The fraction of sp³-hybridized carbons (Fsp3) is 0.667. The van der Waals surface area contributed by atoms with Crippen molar-refractivity contribution in [1.82, 2.24) is 0 Å². The van der Waals surface area contributed by atoms with E-state index in [1.54, 1.807) is 13.8 Å². The van der Waals surface area contributed by atoms with Crippen LogP contribution < -0.4 is 0 Å². The van der Waals surface area contributed by atoms with Crippen molar-refractivity contribution in [2.24, 2.45) is 4.99 Å². The molecule has 0 N–H and O–H groups in total. The van der Waals surface area contributed by atoms with Crippen LogP contribution in [-0.2, 0) is 9.53 Å². The molecule has 1 heterocycles. The second-order valence-corrected chi connectivity index (χ2v) is 3.15. The molecular weight excluding hydrogens is 198 g/mol. The summed E-state index contributed by atoms with van der Waals surface area (Å²) < 4.78 is 4.79. The van der Waals surface area contributed by atoms with Gasteiger partial charge in [-0.15, -0.1) is 0 Å². The fourth-order valence-electron chi connectivity index (χ4n) is 0.669. The van der Waals surface area contributed by atoms with E-state index in [1.807, 2.05) is 0 Å². The molecule has 0 spiro atoms. The van der Waals surface area contributed by atoms with Gasteiger partial charge in [0.2, 0.25) is 5.90 Å². The number of alkyl halides is 1. The molecule has 0 saturated heterocycles. The predicted molar refractivity (Wildman–Crippen MR) is 41.4 cm³/mol. The number of halogens is 1. The maximum Gasteiger partial charge on any atom is 0.340 e. The molecule has 0 unspecified atom stereocenters. The molecule has 0 aromatic carbocycles. The summed E-state index contributed by atoms with van der Waals surface area (Å²) in [6.45, 7) is 3.45. The highest BCUT2D eigenvalue weighted by Crippen LogP contribution is 2.19. The quantitative estimate of drug-likeness (QED) is 0.476. The Balaban J connectivity index is 2.81. The Kier molecular flexibility index (Phi) is 1.81. The highest BCUT2D eigenvalue weighted by atomic mass is 79.9. The fourth-order valence-corrected chi connectivity index (χ4v) is 0.909. The van der Waals surface area contributed by atoms with Gasteiger partial charge in [0.25, 0.3) is 0 Å². The first-order valence-electron chi connectivity index (χ1n) is 2.93. The molecule has 0 aromatic rings. The molecule has 0 aromatic heterocycles. The van der Waals surface area contributed by atoms with E-state index in [9.17, 15) is 4.79 Å². The van der Waals surface area contributed by atoms with E-state index in [4.69, 9.17) is 4.74 Å². The van der Waals surface area contributed by atoms with Gasteiger partial charge in [-0.25, -0.2) is 9.79 Å². The number of nitrogens with zero attached hydrogens (tertiary/aromatic N) is 1. The number of hydrogen-bond acceptors (Lipinski definition) is 3. The number of carbonyl (C=O) groups excluding carboxylic acids is 1. The van der Waals surface area contributed by atoms with Crippen LogP contribution in [0.15, 0.2) is 4.99 Å². The number of carbonyl (C=O) groups is 1. The van der Waals surface area contributed by atoms with Crippen molar-refractivity contribution >= 4 is 27.8 Å². The van der Waals surface area contributed by atoms with Crippen LogP contribution in [0.25, 0.3) is 0 Å². The van der Waals surface area contributed by atoms with Crippen molar-refractivity contribution in [3.05, 3.63) is 0 Å². The molecular formula is C6H8BrNO2. The van der Waals surface area contributed by atoms with Gasteiger partial charge in [-0.1, -0.05) is 15.9 Å². The summed E-state index contributed by atoms with van der Waals surface area (Å²) >= 11 is 3.15. The van der Waals surface area contributed by atoms with E-state index in [0.717, 1.165) is 0 Å². The van der Waals surface area contributed by atoms with Crippen molar-refractivity contribution < 1.29 is 9.53 Å². The minimum atomic E-state index is -0.677. The first kappa shape index (κ1) is 7.72. The Bertz CT molecular complexity index is 198. The molecule has 56 valence electrons. The summed E-state index contributed by atoms with van der Waals surface area (Å²) in [5.74, 6) is 0.192. The topological polar surface area (TPSA) is 38.7 Å². The molecule has 0 fully saturated rings. The van der Waals surface area contributed by atoms with Gasteiger partial charge in [0.15, 0.2) is 5.54 Å². The van der Waals surface area contributed by atoms with Gasteiger partial charge < -0.3 is 4.74 Å². The van der Waals surface area contributed by atoms with E-state index >= 15 is 0 Å². The Morgan fingerprint density at radius 3 is 2.50 bits per heavy atom. The summed E-state index contributed by atoms with van der Waals surface area (Å²) in [5, 5.41) is 0.502. The molecule has 0 bridgehead atoms. The summed E-state index contributed by atoms with van der Waals surface area (Å²) in [6.07, 6.45) is 0. The number of rotatable bonds is 1. The van der Waals surface area contributed by atoms with Crippen LogP contribution in [0.3, 0.4) is 0 Å². The predicted octanol–water partition coefficient (Wildman–Crippen LogP) is 1.12. The molecule has 0 atom stereocenters.